The van der Waals surface area contributed by atoms with Crippen molar-refractivity contribution in [2.45, 2.75) is 51.1 Å². The number of fused-ring (bicyclic) bond motifs is 1. The number of methoxy groups -OCH3 is 1. The first kappa shape index (κ1) is 24.6. The van der Waals surface area contributed by atoms with Gasteiger partial charge in [-0.1, -0.05) is 55.3 Å². The summed E-state index contributed by atoms with van der Waals surface area (Å²) in [5.74, 6) is 0.393. The van der Waals surface area contributed by atoms with Gasteiger partial charge in [-0.15, -0.1) is 0 Å². The molecule has 1 aromatic heterocycles. The molecule has 2 amide bonds. The number of para-hydroxylation sites is 1. The van der Waals surface area contributed by atoms with Crippen LogP contribution >= 0.6 is 0 Å². The number of carbonyl (C=O) groups excluding carboxylic acids is 2. The first-order chi connectivity index (χ1) is 18.0. The molecule has 0 spiro atoms. The highest BCUT2D eigenvalue weighted by Gasteiger charge is 2.35. The van der Waals surface area contributed by atoms with E-state index in [1.807, 2.05) is 85.9 Å². The van der Waals surface area contributed by atoms with Crippen molar-refractivity contribution in [3.8, 4) is 5.75 Å². The van der Waals surface area contributed by atoms with Gasteiger partial charge in [-0.2, -0.15) is 0 Å². The first-order valence-electron chi connectivity index (χ1n) is 12.9. The lowest BCUT2D eigenvalue weighted by Gasteiger charge is -2.33. The highest BCUT2D eigenvalue weighted by atomic mass is 16.5. The van der Waals surface area contributed by atoms with Crippen molar-refractivity contribution >= 4 is 28.4 Å². The van der Waals surface area contributed by atoms with Crippen LogP contribution in [-0.4, -0.2) is 29.9 Å². The van der Waals surface area contributed by atoms with Crippen LogP contribution in [0.5, 0.6) is 5.75 Å². The molecular formula is C31H33N3O3. The average molecular weight is 496 g/mol. The zero-order valence-electron chi connectivity index (χ0n) is 21.4. The van der Waals surface area contributed by atoms with Crippen LogP contribution in [-0.2, 0) is 16.0 Å². The second kappa shape index (κ2) is 10.9. The lowest BCUT2D eigenvalue weighted by atomic mass is 9.97. The molecule has 190 valence electrons. The minimum Gasteiger partial charge on any atom is -0.497 e. The van der Waals surface area contributed by atoms with Gasteiger partial charge in [0.05, 0.1) is 13.5 Å². The molecule has 3 aromatic carbocycles. The number of rotatable bonds is 8. The van der Waals surface area contributed by atoms with Crippen molar-refractivity contribution in [3.63, 3.8) is 0 Å². The molecule has 1 saturated carbocycles. The van der Waals surface area contributed by atoms with E-state index >= 15 is 0 Å². The Morgan fingerprint density at radius 1 is 1.00 bits per heavy atom. The number of aromatic amines is 1. The van der Waals surface area contributed by atoms with Crippen LogP contribution in [0.25, 0.3) is 10.9 Å². The molecule has 4 aromatic rings. The Morgan fingerprint density at radius 2 is 1.70 bits per heavy atom. The molecule has 2 N–H and O–H groups in total. The molecule has 5 rings (SSSR count). The molecule has 6 heteroatoms. The molecule has 0 aliphatic heterocycles. The van der Waals surface area contributed by atoms with Crippen molar-refractivity contribution in [1.82, 2.24) is 10.3 Å². The van der Waals surface area contributed by atoms with Crippen LogP contribution in [0, 0.1) is 6.92 Å². The van der Waals surface area contributed by atoms with Gasteiger partial charge in [0.1, 0.15) is 11.8 Å². The molecule has 0 radical (unpaired) electrons. The van der Waals surface area contributed by atoms with E-state index in [-0.39, 0.29) is 24.3 Å². The monoisotopic (exact) mass is 495 g/mol. The smallest absolute Gasteiger partial charge is 0.248 e. The number of amides is 2. The molecule has 1 unspecified atom stereocenters. The number of H-pyrrole nitrogens is 1. The minimum absolute atomic E-state index is 0.139. The van der Waals surface area contributed by atoms with Crippen molar-refractivity contribution in [2.75, 3.05) is 12.0 Å². The molecule has 0 bridgehead atoms. The Morgan fingerprint density at radius 3 is 2.43 bits per heavy atom. The number of carbonyl (C=O) groups is 2. The van der Waals surface area contributed by atoms with Gasteiger partial charge in [-0.3, -0.25) is 14.5 Å². The van der Waals surface area contributed by atoms with Gasteiger partial charge in [-0.25, -0.2) is 0 Å². The second-order valence-electron chi connectivity index (χ2n) is 9.75. The molecule has 1 heterocycles. The highest BCUT2D eigenvalue weighted by molar-refractivity contribution is 6.03. The lowest BCUT2D eigenvalue weighted by Crippen LogP contribution is -2.47. The fraction of sp³-hybridized carbons (Fsp3) is 0.290. The van der Waals surface area contributed by atoms with Crippen molar-refractivity contribution in [3.05, 3.63) is 95.7 Å². The summed E-state index contributed by atoms with van der Waals surface area (Å²) in [6.45, 7) is 1.99. The topological polar surface area (TPSA) is 74.4 Å². The van der Waals surface area contributed by atoms with E-state index < -0.39 is 6.04 Å². The number of anilines is 1. The Kier molecular flexibility index (Phi) is 7.26. The van der Waals surface area contributed by atoms with Crippen LogP contribution in [0.1, 0.15) is 48.4 Å². The summed E-state index contributed by atoms with van der Waals surface area (Å²) in [4.78, 5) is 33.1. The summed E-state index contributed by atoms with van der Waals surface area (Å²) in [7, 11) is 1.61. The fourth-order valence-corrected chi connectivity index (χ4v) is 5.35. The van der Waals surface area contributed by atoms with Crippen LogP contribution < -0.4 is 15.0 Å². The van der Waals surface area contributed by atoms with E-state index in [0.29, 0.717) is 11.4 Å². The zero-order chi connectivity index (χ0) is 25.8. The molecule has 1 aliphatic carbocycles. The van der Waals surface area contributed by atoms with Crippen molar-refractivity contribution in [1.29, 1.82) is 0 Å². The van der Waals surface area contributed by atoms with E-state index in [9.17, 15) is 9.59 Å². The fourth-order valence-electron chi connectivity index (χ4n) is 5.35. The van der Waals surface area contributed by atoms with Gasteiger partial charge in [-0.05, 0) is 66.8 Å². The average Bonchev–Trinajstić information content (AvgIpc) is 3.58. The third-order valence-corrected chi connectivity index (χ3v) is 7.33. The van der Waals surface area contributed by atoms with E-state index in [1.54, 1.807) is 12.0 Å². The molecular weight excluding hydrogens is 462 g/mol. The summed E-state index contributed by atoms with van der Waals surface area (Å²) in [6.07, 6.45) is 6.21. The zero-order valence-corrected chi connectivity index (χ0v) is 21.4. The Labute approximate surface area is 217 Å². The quantitative estimate of drug-likeness (QED) is 0.321. The van der Waals surface area contributed by atoms with Gasteiger partial charge in [0.25, 0.3) is 0 Å². The third-order valence-electron chi connectivity index (χ3n) is 7.33. The maximum Gasteiger partial charge on any atom is 0.248 e. The molecule has 1 aliphatic rings. The minimum atomic E-state index is -0.798. The van der Waals surface area contributed by atoms with Gasteiger partial charge < -0.3 is 15.0 Å². The summed E-state index contributed by atoms with van der Waals surface area (Å²) in [5.41, 5.74) is 4.32. The van der Waals surface area contributed by atoms with Gasteiger partial charge in [0.15, 0.2) is 0 Å². The van der Waals surface area contributed by atoms with E-state index in [1.165, 1.54) is 0 Å². The summed E-state index contributed by atoms with van der Waals surface area (Å²) in [5, 5.41) is 4.26. The van der Waals surface area contributed by atoms with Crippen LogP contribution in [0.15, 0.2) is 79.0 Å². The molecule has 6 nitrogen and oxygen atoms in total. The summed E-state index contributed by atoms with van der Waals surface area (Å²) >= 11 is 0. The summed E-state index contributed by atoms with van der Waals surface area (Å²) in [6, 6.07) is 22.4. The SMILES string of the molecule is COc1ccc(N(C(=O)Cc2c[nH]c3ccccc23)C(C(=O)NC2CCCC2)c2ccccc2C)cc1. The Balaban J connectivity index is 1.58. The molecule has 1 fully saturated rings. The maximum atomic E-state index is 14.2. The van der Waals surface area contributed by atoms with E-state index in [2.05, 4.69) is 10.3 Å². The Hall–Kier alpha value is -4.06. The van der Waals surface area contributed by atoms with Crippen molar-refractivity contribution < 1.29 is 14.3 Å². The number of benzene rings is 3. The van der Waals surface area contributed by atoms with Crippen LogP contribution in [0.4, 0.5) is 5.69 Å². The lowest BCUT2D eigenvalue weighted by molar-refractivity contribution is -0.127. The van der Waals surface area contributed by atoms with Crippen molar-refractivity contribution in [2.24, 2.45) is 0 Å². The summed E-state index contributed by atoms with van der Waals surface area (Å²) < 4.78 is 5.36. The van der Waals surface area contributed by atoms with E-state index in [4.69, 9.17) is 4.74 Å². The number of ether oxygens (including phenoxy) is 1. The van der Waals surface area contributed by atoms with Gasteiger partial charge in [0, 0.05) is 28.8 Å². The number of nitrogens with one attached hydrogen (secondary N) is 2. The van der Waals surface area contributed by atoms with Gasteiger partial charge >= 0.3 is 0 Å². The standard InChI is InChI=1S/C31H33N3O3/c1-21-9-3-6-12-26(21)30(31(36)33-23-10-4-5-11-23)34(24-15-17-25(37-2)18-16-24)29(35)19-22-20-32-28-14-8-7-13-27(22)28/h3,6-9,12-18,20,23,30,32H,4-5,10-11,19H2,1-2H3,(H,33,36). The predicted octanol–water partition coefficient (Wildman–Crippen LogP) is 5.86. The normalized spacial score (nSPS) is 14.4. The Bertz CT molecular complexity index is 1390. The second-order valence-corrected chi connectivity index (χ2v) is 9.75. The number of nitrogens with zero attached hydrogens (tertiary/aromatic N) is 1. The molecule has 1 atom stereocenters. The number of aromatic nitrogens is 1. The highest BCUT2D eigenvalue weighted by Crippen LogP contribution is 2.33. The predicted molar refractivity (Wildman–Crippen MR) is 147 cm³/mol. The number of aryl methyl sites for hydroxylation is 1. The number of hydrogen-bond acceptors (Lipinski definition) is 3. The van der Waals surface area contributed by atoms with Crippen LogP contribution in [0.2, 0.25) is 0 Å². The van der Waals surface area contributed by atoms with Crippen LogP contribution in [0.3, 0.4) is 0 Å². The van der Waals surface area contributed by atoms with Gasteiger partial charge in [0.2, 0.25) is 11.8 Å². The molecule has 37 heavy (non-hydrogen) atoms. The third kappa shape index (κ3) is 5.24. The van der Waals surface area contributed by atoms with E-state index in [0.717, 1.165) is 53.3 Å². The maximum absolute atomic E-state index is 14.2. The molecule has 0 saturated heterocycles. The first-order valence-corrected chi connectivity index (χ1v) is 12.9. The largest absolute Gasteiger partial charge is 0.497 e. The number of hydrogen-bond donors (Lipinski definition) is 2.